The average Bonchev–Trinajstić information content (AvgIpc) is 2.75. The average molecular weight is 239 g/mol. The van der Waals surface area contributed by atoms with E-state index in [0.717, 1.165) is 0 Å². The van der Waals surface area contributed by atoms with Crippen molar-refractivity contribution in [1.29, 1.82) is 0 Å². The molecule has 0 saturated carbocycles. The van der Waals surface area contributed by atoms with Gasteiger partial charge >= 0.3 is 0 Å². The minimum atomic E-state index is -1.27. The summed E-state index contributed by atoms with van der Waals surface area (Å²) in [6, 6.07) is 3.26. The summed E-state index contributed by atoms with van der Waals surface area (Å²) < 4.78 is 4.94. The smallest absolute Gasteiger partial charge is 0.129 e. The lowest BCUT2D eigenvalue weighted by molar-refractivity contribution is 0.102. The minimum absolute atomic E-state index is 0.246. The quantitative estimate of drug-likeness (QED) is 0.841. The zero-order valence-electron chi connectivity index (χ0n) is 8.64. The molecule has 0 amide bonds. The number of aromatic nitrogens is 1. The van der Waals surface area contributed by atoms with Crippen molar-refractivity contribution in [2.24, 2.45) is 0 Å². The van der Waals surface area contributed by atoms with Gasteiger partial charge in [-0.25, -0.2) is 4.98 Å². The van der Waals surface area contributed by atoms with Crippen molar-refractivity contribution in [3.05, 3.63) is 47.0 Å². The maximum atomic E-state index is 10.4. The number of nitrogen functional groups attached to an aromatic ring is 1. The Morgan fingerprint density at radius 1 is 1.56 bits per heavy atom. The van der Waals surface area contributed by atoms with Crippen molar-refractivity contribution in [3.8, 4) is 0 Å². The van der Waals surface area contributed by atoms with Crippen molar-refractivity contribution in [2.75, 3.05) is 5.73 Å². The third-order valence-corrected chi connectivity index (χ3v) is 2.70. The zero-order chi connectivity index (χ0) is 11.8. The predicted molar refractivity (Wildman–Crippen MR) is 61.0 cm³/mol. The molecule has 0 aliphatic carbocycles. The molecule has 2 heterocycles. The van der Waals surface area contributed by atoms with Crippen molar-refractivity contribution >= 4 is 17.4 Å². The Balaban J connectivity index is 2.55. The molecule has 2 rings (SSSR count). The zero-order valence-corrected chi connectivity index (χ0v) is 9.40. The lowest BCUT2D eigenvalue weighted by Crippen LogP contribution is -2.24. The van der Waals surface area contributed by atoms with Gasteiger partial charge in [0.2, 0.25) is 0 Å². The molecular weight excluding hydrogens is 228 g/mol. The minimum Gasteiger partial charge on any atom is -0.472 e. The molecule has 84 valence electrons. The highest BCUT2D eigenvalue weighted by atomic mass is 35.5. The van der Waals surface area contributed by atoms with Crippen LogP contribution in [0, 0.1) is 0 Å². The Morgan fingerprint density at radius 3 is 2.94 bits per heavy atom. The van der Waals surface area contributed by atoms with Gasteiger partial charge in [0.1, 0.15) is 11.4 Å². The summed E-state index contributed by atoms with van der Waals surface area (Å²) in [5.74, 6) is 0.246. The van der Waals surface area contributed by atoms with E-state index in [4.69, 9.17) is 21.8 Å². The fourth-order valence-corrected chi connectivity index (χ4v) is 1.69. The molecular formula is C11H11ClN2O2. The largest absolute Gasteiger partial charge is 0.472 e. The van der Waals surface area contributed by atoms with Crippen molar-refractivity contribution in [3.63, 3.8) is 0 Å². The van der Waals surface area contributed by atoms with E-state index in [2.05, 4.69) is 4.98 Å². The van der Waals surface area contributed by atoms with Gasteiger partial charge in [-0.3, -0.25) is 0 Å². The van der Waals surface area contributed by atoms with E-state index >= 15 is 0 Å². The molecule has 0 saturated heterocycles. The number of nitrogens with two attached hydrogens (primary N) is 1. The Morgan fingerprint density at radius 2 is 2.31 bits per heavy atom. The standard InChI is InChI=1S/C11H11ClN2O2/c1-11(15,7-2-3-16-6-7)9-4-8(12)5-14-10(9)13/h2-6,15H,1H3,(H2,13,14). The molecule has 16 heavy (non-hydrogen) atoms. The monoisotopic (exact) mass is 238 g/mol. The number of rotatable bonds is 2. The summed E-state index contributed by atoms with van der Waals surface area (Å²) in [7, 11) is 0. The molecule has 0 aliphatic rings. The van der Waals surface area contributed by atoms with Gasteiger partial charge in [-0.15, -0.1) is 0 Å². The summed E-state index contributed by atoms with van der Waals surface area (Å²) in [4.78, 5) is 3.91. The first-order valence-corrected chi connectivity index (χ1v) is 5.06. The number of halogens is 1. The van der Waals surface area contributed by atoms with Crippen LogP contribution in [-0.4, -0.2) is 10.1 Å². The molecule has 0 spiro atoms. The van der Waals surface area contributed by atoms with Gasteiger partial charge in [-0.2, -0.15) is 0 Å². The number of aliphatic hydroxyl groups is 1. The molecule has 2 aromatic heterocycles. The van der Waals surface area contributed by atoms with Crippen LogP contribution in [0.25, 0.3) is 0 Å². The lowest BCUT2D eigenvalue weighted by atomic mass is 9.90. The highest BCUT2D eigenvalue weighted by molar-refractivity contribution is 6.30. The molecule has 3 N–H and O–H groups in total. The van der Waals surface area contributed by atoms with Crippen LogP contribution in [-0.2, 0) is 5.60 Å². The molecule has 1 atom stereocenters. The number of pyridine rings is 1. The van der Waals surface area contributed by atoms with Crippen LogP contribution in [0.4, 0.5) is 5.82 Å². The van der Waals surface area contributed by atoms with Gasteiger partial charge < -0.3 is 15.3 Å². The molecule has 4 nitrogen and oxygen atoms in total. The molecule has 0 radical (unpaired) electrons. The van der Waals surface area contributed by atoms with Crippen LogP contribution in [0.5, 0.6) is 0 Å². The van der Waals surface area contributed by atoms with E-state index in [1.807, 2.05) is 0 Å². The highest BCUT2D eigenvalue weighted by Gasteiger charge is 2.29. The van der Waals surface area contributed by atoms with E-state index in [1.54, 1.807) is 19.1 Å². The lowest BCUT2D eigenvalue weighted by Gasteiger charge is -2.23. The van der Waals surface area contributed by atoms with Crippen LogP contribution in [0.15, 0.2) is 35.3 Å². The Labute approximate surface area is 97.7 Å². The third kappa shape index (κ3) is 1.77. The second-order valence-electron chi connectivity index (χ2n) is 3.67. The molecule has 1 unspecified atom stereocenters. The molecule has 0 bridgehead atoms. The van der Waals surface area contributed by atoms with Gasteiger partial charge in [0.05, 0.1) is 17.5 Å². The molecule has 0 fully saturated rings. The fourth-order valence-electron chi connectivity index (χ4n) is 1.54. The number of nitrogens with zero attached hydrogens (tertiary/aromatic N) is 1. The Bertz CT molecular complexity index is 495. The van der Waals surface area contributed by atoms with Crippen molar-refractivity contribution in [1.82, 2.24) is 4.98 Å². The normalized spacial score (nSPS) is 14.7. The second-order valence-corrected chi connectivity index (χ2v) is 4.11. The van der Waals surface area contributed by atoms with Crippen molar-refractivity contribution in [2.45, 2.75) is 12.5 Å². The number of furan rings is 1. The van der Waals surface area contributed by atoms with Crippen LogP contribution in [0.1, 0.15) is 18.1 Å². The van der Waals surface area contributed by atoms with Gasteiger partial charge in [-0.05, 0) is 19.1 Å². The van der Waals surface area contributed by atoms with E-state index < -0.39 is 5.60 Å². The topological polar surface area (TPSA) is 72.3 Å². The van der Waals surface area contributed by atoms with Gasteiger partial charge in [0, 0.05) is 17.3 Å². The van der Waals surface area contributed by atoms with E-state index in [-0.39, 0.29) is 5.82 Å². The molecule has 2 aromatic rings. The Hall–Kier alpha value is -1.52. The Kier molecular flexibility index (Phi) is 2.61. The maximum Gasteiger partial charge on any atom is 0.129 e. The fraction of sp³-hybridized carbons (Fsp3) is 0.182. The summed E-state index contributed by atoms with van der Waals surface area (Å²) >= 11 is 5.83. The first kappa shape index (κ1) is 11.0. The number of hydrogen-bond acceptors (Lipinski definition) is 4. The van der Waals surface area contributed by atoms with E-state index in [0.29, 0.717) is 16.1 Å². The molecule has 0 aliphatic heterocycles. The van der Waals surface area contributed by atoms with Crippen LogP contribution >= 0.6 is 11.6 Å². The summed E-state index contributed by atoms with van der Waals surface area (Å²) in [6.07, 6.45) is 4.38. The van der Waals surface area contributed by atoms with Crippen molar-refractivity contribution < 1.29 is 9.52 Å². The van der Waals surface area contributed by atoms with Crippen LogP contribution in [0.2, 0.25) is 5.02 Å². The third-order valence-electron chi connectivity index (χ3n) is 2.49. The van der Waals surface area contributed by atoms with Crippen LogP contribution in [0.3, 0.4) is 0 Å². The predicted octanol–water partition coefficient (Wildman–Crippen LogP) is 2.17. The van der Waals surface area contributed by atoms with E-state index in [1.165, 1.54) is 18.7 Å². The second kappa shape index (κ2) is 3.81. The van der Waals surface area contributed by atoms with Gasteiger partial charge in [0.25, 0.3) is 0 Å². The highest BCUT2D eigenvalue weighted by Crippen LogP contribution is 2.33. The van der Waals surface area contributed by atoms with Crippen LogP contribution < -0.4 is 5.73 Å². The number of hydrogen-bond donors (Lipinski definition) is 2. The summed E-state index contributed by atoms with van der Waals surface area (Å²) in [5.41, 5.74) is 5.51. The first-order chi connectivity index (χ1) is 7.51. The van der Waals surface area contributed by atoms with Gasteiger partial charge in [0.15, 0.2) is 0 Å². The molecule has 5 heteroatoms. The SMILES string of the molecule is CC(O)(c1ccoc1)c1cc(Cl)cnc1N. The van der Waals surface area contributed by atoms with Gasteiger partial charge in [-0.1, -0.05) is 11.6 Å². The summed E-state index contributed by atoms with van der Waals surface area (Å²) in [6.45, 7) is 1.61. The summed E-state index contributed by atoms with van der Waals surface area (Å²) in [5, 5.41) is 10.8. The maximum absolute atomic E-state index is 10.4. The molecule has 0 aromatic carbocycles. The first-order valence-electron chi connectivity index (χ1n) is 4.68. The number of anilines is 1. The van der Waals surface area contributed by atoms with E-state index in [9.17, 15) is 5.11 Å².